The molecule has 5 nitrogen and oxygen atoms in total. The number of methoxy groups -OCH3 is 2. The maximum absolute atomic E-state index is 11.5. The molecule has 0 saturated heterocycles. The highest BCUT2D eigenvalue weighted by atomic mass is 16.5. The van der Waals surface area contributed by atoms with Gasteiger partial charge in [0, 0.05) is 0 Å². The summed E-state index contributed by atoms with van der Waals surface area (Å²) in [5.41, 5.74) is 0. The summed E-state index contributed by atoms with van der Waals surface area (Å²) < 4.78 is 8.69. The zero-order valence-corrected chi connectivity index (χ0v) is 8.98. The summed E-state index contributed by atoms with van der Waals surface area (Å²) in [4.78, 5) is 33.7. The maximum Gasteiger partial charge on any atom is 0.375 e. The van der Waals surface area contributed by atoms with Gasteiger partial charge in [-0.15, -0.1) is 6.58 Å². The Labute approximate surface area is 88.0 Å². The molecule has 0 rings (SSSR count). The lowest BCUT2D eigenvalue weighted by Crippen LogP contribution is -2.35. The van der Waals surface area contributed by atoms with E-state index in [2.05, 4.69) is 16.1 Å². The molecule has 0 aromatic carbocycles. The Morgan fingerprint density at radius 2 is 1.73 bits per heavy atom. The summed E-state index contributed by atoms with van der Waals surface area (Å²) >= 11 is 0. The molecule has 84 valence electrons. The van der Waals surface area contributed by atoms with Crippen LogP contribution in [0.4, 0.5) is 0 Å². The highest BCUT2D eigenvalue weighted by Crippen LogP contribution is 2.16. The predicted molar refractivity (Wildman–Crippen MR) is 51.9 cm³/mol. The molecule has 0 saturated carbocycles. The van der Waals surface area contributed by atoms with Gasteiger partial charge in [0.1, 0.15) is 5.92 Å². The van der Waals surface area contributed by atoms with Gasteiger partial charge in [0.2, 0.25) is 0 Å². The van der Waals surface area contributed by atoms with Crippen molar-refractivity contribution in [1.29, 1.82) is 0 Å². The van der Waals surface area contributed by atoms with Crippen molar-refractivity contribution in [3.63, 3.8) is 0 Å². The van der Waals surface area contributed by atoms with E-state index in [9.17, 15) is 14.4 Å². The minimum absolute atomic E-state index is 0.482. The summed E-state index contributed by atoms with van der Waals surface area (Å²) in [6, 6.07) is 0. The monoisotopic (exact) mass is 214 g/mol. The van der Waals surface area contributed by atoms with Crippen LogP contribution in [0.15, 0.2) is 12.7 Å². The van der Waals surface area contributed by atoms with Gasteiger partial charge in [0.15, 0.2) is 0 Å². The Kier molecular flexibility index (Phi) is 5.30. The molecule has 0 radical (unpaired) electrons. The van der Waals surface area contributed by atoms with Gasteiger partial charge in [-0.3, -0.25) is 9.59 Å². The van der Waals surface area contributed by atoms with Crippen LogP contribution in [0.3, 0.4) is 0 Å². The van der Waals surface area contributed by atoms with Crippen LogP contribution in [-0.2, 0) is 23.9 Å². The summed E-state index contributed by atoms with van der Waals surface area (Å²) in [6.45, 7) is 5.05. The van der Waals surface area contributed by atoms with E-state index in [0.29, 0.717) is 0 Å². The lowest BCUT2D eigenvalue weighted by atomic mass is 9.90. The number of rotatable bonds is 5. The first-order valence-corrected chi connectivity index (χ1v) is 4.32. The molecular formula is C10H14O5. The number of hydrogen-bond donors (Lipinski definition) is 0. The predicted octanol–water partition coefficient (Wildman–Crippen LogP) is 0.340. The van der Waals surface area contributed by atoms with Crippen molar-refractivity contribution in [2.45, 2.75) is 6.92 Å². The Balaban J connectivity index is 4.93. The second kappa shape index (κ2) is 5.95. The molecule has 0 fully saturated rings. The maximum atomic E-state index is 11.5. The summed E-state index contributed by atoms with van der Waals surface area (Å²) in [5.74, 6) is -4.40. The Morgan fingerprint density at radius 1 is 1.20 bits per heavy atom. The average molecular weight is 214 g/mol. The van der Waals surface area contributed by atoms with Crippen molar-refractivity contribution in [1.82, 2.24) is 0 Å². The number of hydrogen-bond acceptors (Lipinski definition) is 5. The van der Waals surface area contributed by atoms with Crippen LogP contribution in [-0.4, -0.2) is 31.9 Å². The van der Waals surface area contributed by atoms with E-state index < -0.39 is 29.6 Å². The normalized spacial score (nSPS) is 13.5. The topological polar surface area (TPSA) is 69.7 Å². The summed E-state index contributed by atoms with van der Waals surface area (Å²) in [5, 5.41) is 0. The van der Waals surface area contributed by atoms with Crippen molar-refractivity contribution in [2.75, 3.05) is 14.2 Å². The van der Waals surface area contributed by atoms with Crippen molar-refractivity contribution in [2.24, 2.45) is 11.8 Å². The highest BCUT2D eigenvalue weighted by Gasteiger charge is 2.36. The number of ketones is 1. The van der Waals surface area contributed by atoms with Crippen LogP contribution in [0.1, 0.15) is 6.92 Å². The molecule has 0 aliphatic carbocycles. The van der Waals surface area contributed by atoms with Crippen LogP contribution in [0.5, 0.6) is 0 Å². The van der Waals surface area contributed by atoms with Crippen LogP contribution < -0.4 is 0 Å². The van der Waals surface area contributed by atoms with E-state index in [1.54, 1.807) is 6.92 Å². The SMILES string of the molecule is C=CC(C)C(C(=O)OC)C(=O)C(=O)OC. The van der Waals surface area contributed by atoms with Gasteiger partial charge in [-0.1, -0.05) is 13.0 Å². The van der Waals surface area contributed by atoms with E-state index in [4.69, 9.17) is 0 Å². The molecule has 0 aliphatic rings. The van der Waals surface area contributed by atoms with Gasteiger partial charge in [0.25, 0.3) is 5.78 Å². The highest BCUT2D eigenvalue weighted by molar-refractivity contribution is 6.38. The molecular weight excluding hydrogens is 200 g/mol. The second-order valence-electron chi connectivity index (χ2n) is 2.95. The average Bonchev–Trinajstić information content (AvgIpc) is 2.27. The Morgan fingerprint density at radius 3 is 2.07 bits per heavy atom. The molecule has 0 heterocycles. The standard InChI is InChI=1S/C10H14O5/c1-5-6(2)7(9(12)14-3)8(11)10(13)15-4/h5-7H,1H2,2-4H3. The zero-order valence-electron chi connectivity index (χ0n) is 8.98. The van der Waals surface area contributed by atoms with Crippen molar-refractivity contribution >= 4 is 17.7 Å². The van der Waals surface area contributed by atoms with Crippen molar-refractivity contribution in [3.05, 3.63) is 12.7 Å². The molecule has 0 N–H and O–H groups in total. The van der Waals surface area contributed by atoms with E-state index in [-0.39, 0.29) is 0 Å². The minimum atomic E-state index is -1.18. The molecule has 0 aliphatic heterocycles. The molecule has 2 atom stereocenters. The number of carbonyl (C=O) groups is 3. The van der Waals surface area contributed by atoms with Crippen molar-refractivity contribution in [3.8, 4) is 0 Å². The first-order chi connectivity index (χ1) is 6.99. The second-order valence-corrected chi connectivity index (χ2v) is 2.95. The molecule has 15 heavy (non-hydrogen) atoms. The van der Waals surface area contributed by atoms with Gasteiger partial charge in [0.05, 0.1) is 14.2 Å². The zero-order chi connectivity index (χ0) is 12.0. The van der Waals surface area contributed by atoms with Gasteiger partial charge in [-0.25, -0.2) is 4.79 Å². The summed E-state index contributed by atoms with van der Waals surface area (Å²) in [7, 11) is 2.23. The van der Waals surface area contributed by atoms with Crippen molar-refractivity contribution < 1.29 is 23.9 Å². The van der Waals surface area contributed by atoms with Gasteiger partial charge in [-0.2, -0.15) is 0 Å². The van der Waals surface area contributed by atoms with Gasteiger partial charge >= 0.3 is 11.9 Å². The first-order valence-electron chi connectivity index (χ1n) is 4.32. The number of carbonyl (C=O) groups excluding carboxylic acids is 3. The third kappa shape index (κ3) is 3.19. The number of allylic oxidation sites excluding steroid dienone is 1. The smallest absolute Gasteiger partial charge is 0.375 e. The lowest BCUT2D eigenvalue weighted by Gasteiger charge is -2.15. The largest absolute Gasteiger partial charge is 0.468 e. The van der Waals surface area contributed by atoms with Crippen LogP contribution in [0.25, 0.3) is 0 Å². The minimum Gasteiger partial charge on any atom is -0.468 e. The third-order valence-corrected chi connectivity index (χ3v) is 2.02. The quantitative estimate of drug-likeness (QED) is 0.285. The number of esters is 2. The van der Waals surface area contributed by atoms with Crippen LogP contribution >= 0.6 is 0 Å². The molecule has 0 aromatic heterocycles. The van der Waals surface area contributed by atoms with Gasteiger partial charge in [-0.05, 0) is 5.92 Å². The molecule has 0 aromatic rings. The fraction of sp³-hybridized carbons (Fsp3) is 0.500. The molecule has 5 heteroatoms. The first kappa shape index (κ1) is 13.4. The van der Waals surface area contributed by atoms with Crippen LogP contribution in [0.2, 0.25) is 0 Å². The van der Waals surface area contributed by atoms with E-state index in [1.165, 1.54) is 6.08 Å². The van der Waals surface area contributed by atoms with E-state index in [1.807, 2.05) is 0 Å². The van der Waals surface area contributed by atoms with E-state index in [0.717, 1.165) is 14.2 Å². The third-order valence-electron chi connectivity index (χ3n) is 2.02. The molecule has 0 bridgehead atoms. The molecule has 0 amide bonds. The van der Waals surface area contributed by atoms with Crippen LogP contribution in [0, 0.1) is 11.8 Å². The number of Topliss-reactive ketones (excluding diaryl/α,β-unsaturated/α-hetero) is 1. The fourth-order valence-electron chi connectivity index (χ4n) is 1.05. The summed E-state index contributed by atoms with van der Waals surface area (Å²) in [6.07, 6.45) is 1.41. The van der Waals surface area contributed by atoms with Gasteiger partial charge < -0.3 is 9.47 Å². The molecule has 2 unspecified atom stereocenters. The molecule has 0 spiro atoms. The Hall–Kier alpha value is -1.65. The van der Waals surface area contributed by atoms with E-state index >= 15 is 0 Å². The number of ether oxygens (including phenoxy) is 2. The fourth-order valence-corrected chi connectivity index (χ4v) is 1.05. The Bertz CT molecular complexity index is 282. The lowest BCUT2D eigenvalue weighted by molar-refractivity contribution is -0.161.